The predicted octanol–water partition coefficient (Wildman–Crippen LogP) is 2.79. The van der Waals surface area contributed by atoms with Gasteiger partial charge in [0, 0.05) is 18.2 Å². The molecule has 3 aromatic rings. The van der Waals surface area contributed by atoms with Gasteiger partial charge in [-0.15, -0.1) is 0 Å². The topological polar surface area (TPSA) is 175 Å². The van der Waals surface area contributed by atoms with Crippen molar-refractivity contribution in [1.82, 2.24) is 4.98 Å². The van der Waals surface area contributed by atoms with Crippen molar-refractivity contribution in [3.8, 4) is 11.5 Å². The van der Waals surface area contributed by atoms with Gasteiger partial charge < -0.3 is 14.6 Å². The minimum absolute atomic E-state index is 0.0433. The van der Waals surface area contributed by atoms with Crippen molar-refractivity contribution in [3.05, 3.63) is 70.4 Å². The summed E-state index contributed by atoms with van der Waals surface area (Å²) in [6.45, 7) is -0.647. The molecule has 0 saturated heterocycles. The van der Waals surface area contributed by atoms with Crippen LogP contribution in [-0.2, 0) is 24.2 Å². The van der Waals surface area contributed by atoms with E-state index in [2.05, 4.69) is 10.3 Å². The molecule has 0 atom stereocenters. The lowest BCUT2D eigenvalue weighted by atomic mass is 10.2. The maximum atomic E-state index is 12.7. The van der Waals surface area contributed by atoms with Gasteiger partial charge in [-0.3, -0.25) is 20.2 Å². The number of thiazole rings is 1. The van der Waals surface area contributed by atoms with Crippen LogP contribution in [0, 0.1) is 10.1 Å². The number of sulfone groups is 1. The lowest BCUT2D eigenvalue weighted by Crippen LogP contribution is -2.19. The molecule has 0 aliphatic rings. The number of esters is 1. The summed E-state index contributed by atoms with van der Waals surface area (Å²) in [6.07, 6.45) is 3.52. The molecule has 2 aromatic carbocycles. The zero-order valence-electron chi connectivity index (χ0n) is 17.9. The number of nitrogens with zero attached hydrogens (tertiary/aromatic N) is 2. The molecular weight excluding hydrogens is 502 g/mol. The molecule has 0 unspecified atom stereocenters. The Morgan fingerprint density at radius 1 is 1.23 bits per heavy atom. The Morgan fingerprint density at radius 2 is 1.94 bits per heavy atom. The van der Waals surface area contributed by atoms with Crippen LogP contribution < -0.4 is 10.1 Å². The molecule has 0 saturated carbocycles. The van der Waals surface area contributed by atoms with Gasteiger partial charge >= 0.3 is 5.97 Å². The van der Waals surface area contributed by atoms with Crippen molar-refractivity contribution < 1.29 is 37.5 Å². The number of phenols is 1. The Bertz CT molecular complexity index is 1400. The third kappa shape index (κ3) is 6.39. The Hall–Kier alpha value is -4.30. The van der Waals surface area contributed by atoms with E-state index in [0.29, 0.717) is 16.9 Å². The lowest BCUT2D eigenvalue weighted by molar-refractivity contribution is -0.384. The molecule has 12 nitrogen and oxygen atoms in total. The van der Waals surface area contributed by atoms with E-state index >= 15 is 0 Å². The molecular formula is C21H17N3O9S2. The number of aromatic nitrogens is 1. The number of rotatable bonds is 9. The number of carbonyl (C=O) groups is 2. The minimum Gasteiger partial charge on any atom is -0.504 e. The molecule has 182 valence electrons. The number of hydrogen-bond donors (Lipinski definition) is 2. The van der Waals surface area contributed by atoms with Crippen LogP contribution in [-0.4, -0.2) is 49.0 Å². The van der Waals surface area contributed by atoms with E-state index in [0.717, 1.165) is 36.5 Å². The molecule has 0 aliphatic carbocycles. The van der Waals surface area contributed by atoms with Crippen LogP contribution in [0.1, 0.15) is 5.56 Å². The summed E-state index contributed by atoms with van der Waals surface area (Å²) in [5.74, 6) is -1.40. The van der Waals surface area contributed by atoms with Gasteiger partial charge in [-0.25, -0.2) is 18.2 Å². The van der Waals surface area contributed by atoms with Crippen molar-refractivity contribution in [1.29, 1.82) is 0 Å². The van der Waals surface area contributed by atoms with Crippen LogP contribution in [0.4, 0.5) is 10.8 Å². The molecule has 3 rings (SSSR count). The fourth-order valence-corrected chi connectivity index (χ4v) is 5.06. The van der Waals surface area contributed by atoms with E-state index in [9.17, 15) is 33.2 Å². The molecule has 2 N–H and O–H groups in total. The number of methoxy groups -OCH3 is 1. The maximum absolute atomic E-state index is 12.7. The first-order valence-corrected chi connectivity index (χ1v) is 11.9. The molecule has 14 heteroatoms. The number of non-ortho nitro benzene ring substituents is 1. The first kappa shape index (κ1) is 25.3. The van der Waals surface area contributed by atoms with E-state index in [-0.39, 0.29) is 31.4 Å². The van der Waals surface area contributed by atoms with E-state index in [1.54, 1.807) is 6.07 Å². The Kier molecular flexibility index (Phi) is 7.78. The van der Waals surface area contributed by atoms with E-state index < -0.39 is 33.2 Å². The fourth-order valence-electron chi connectivity index (χ4n) is 2.61. The Labute approximate surface area is 202 Å². The second-order valence-electron chi connectivity index (χ2n) is 6.66. The highest BCUT2D eigenvalue weighted by molar-refractivity contribution is 7.93. The van der Waals surface area contributed by atoms with Crippen molar-refractivity contribution >= 4 is 49.9 Å². The quantitative estimate of drug-likeness (QED) is 0.185. The summed E-state index contributed by atoms with van der Waals surface area (Å²) in [4.78, 5) is 37.6. The Balaban J connectivity index is 1.56. The molecule has 1 aromatic heterocycles. The summed E-state index contributed by atoms with van der Waals surface area (Å²) >= 11 is 0.668. The second-order valence-corrected chi connectivity index (χ2v) is 9.87. The summed E-state index contributed by atoms with van der Waals surface area (Å²) in [5, 5.41) is 22.6. The predicted molar refractivity (Wildman–Crippen MR) is 124 cm³/mol. The molecule has 0 radical (unpaired) electrons. The fraction of sp³-hybridized carbons (Fsp3) is 0.0952. The van der Waals surface area contributed by atoms with Crippen LogP contribution >= 0.6 is 11.3 Å². The van der Waals surface area contributed by atoms with Crippen LogP contribution in [0.15, 0.2) is 63.8 Å². The van der Waals surface area contributed by atoms with Gasteiger partial charge in [0.25, 0.3) is 11.6 Å². The van der Waals surface area contributed by atoms with Crippen molar-refractivity contribution in [2.45, 2.75) is 9.10 Å². The van der Waals surface area contributed by atoms with Crippen LogP contribution in [0.2, 0.25) is 0 Å². The number of ether oxygens (including phenoxy) is 2. The third-order valence-corrected chi connectivity index (χ3v) is 7.46. The lowest BCUT2D eigenvalue weighted by Gasteiger charge is -2.04. The van der Waals surface area contributed by atoms with Crippen LogP contribution in [0.5, 0.6) is 11.5 Å². The maximum Gasteiger partial charge on any atom is 0.331 e. The van der Waals surface area contributed by atoms with E-state index in [1.165, 1.54) is 25.3 Å². The molecule has 1 amide bonds. The number of nitro benzene ring substituents is 1. The van der Waals surface area contributed by atoms with Crippen molar-refractivity contribution in [2.24, 2.45) is 0 Å². The van der Waals surface area contributed by atoms with Gasteiger partial charge in [0.1, 0.15) is 4.21 Å². The second kappa shape index (κ2) is 10.8. The number of carbonyl (C=O) groups excluding carboxylic acids is 2. The number of nitrogens with one attached hydrogen (secondary N) is 1. The van der Waals surface area contributed by atoms with Gasteiger partial charge in [0.2, 0.25) is 9.84 Å². The first-order valence-electron chi connectivity index (χ1n) is 9.57. The number of phenolic OH excluding ortho intramolecular Hbond substituents is 1. The largest absolute Gasteiger partial charge is 0.504 e. The van der Waals surface area contributed by atoms with Crippen LogP contribution in [0.3, 0.4) is 0 Å². The van der Waals surface area contributed by atoms with Gasteiger partial charge in [-0.1, -0.05) is 17.4 Å². The monoisotopic (exact) mass is 519 g/mol. The summed E-state index contributed by atoms with van der Waals surface area (Å²) < 4.78 is 34.9. The third-order valence-electron chi connectivity index (χ3n) is 4.31. The molecule has 35 heavy (non-hydrogen) atoms. The SMILES string of the molecule is COc1cc(/C=C/C(=O)OCC(=O)Nc2ncc(S(=O)(=O)c3ccc([N+](=O)[O-])cc3)s2)ccc1O. The van der Waals surface area contributed by atoms with Gasteiger partial charge in [-0.05, 0) is 35.9 Å². The van der Waals surface area contributed by atoms with Gasteiger partial charge in [-0.2, -0.15) is 0 Å². The minimum atomic E-state index is -4.00. The molecule has 0 bridgehead atoms. The normalized spacial score (nSPS) is 11.2. The Morgan fingerprint density at radius 3 is 2.60 bits per heavy atom. The highest BCUT2D eigenvalue weighted by atomic mass is 32.2. The zero-order chi connectivity index (χ0) is 25.6. The van der Waals surface area contributed by atoms with Gasteiger partial charge in [0.05, 0.1) is 23.1 Å². The number of nitro groups is 1. The summed E-state index contributed by atoms with van der Waals surface area (Å²) in [7, 11) is -2.62. The standard InChI is InChI=1S/C21H17N3O9S2/c1-32-17-10-13(2-8-16(17)25)3-9-19(27)33-12-18(26)23-21-22-11-20(34-21)35(30,31)15-6-4-14(5-7-15)24(28)29/h2-11,25H,12H2,1H3,(H,22,23,26)/b9-3+. The van der Waals surface area contributed by atoms with Crippen LogP contribution in [0.25, 0.3) is 6.08 Å². The number of benzene rings is 2. The van der Waals surface area contributed by atoms with Gasteiger partial charge in [0.15, 0.2) is 23.2 Å². The highest BCUT2D eigenvalue weighted by Crippen LogP contribution is 2.29. The number of amides is 1. The van der Waals surface area contributed by atoms with E-state index in [1.807, 2.05) is 0 Å². The van der Waals surface area contributed by atoms with Crippen molar-refractivity contribution in [2.75, 3.05) is 19.0 Å². The average molecular weight is 520 g/mol. The molecule has 0 fully saturated rings. The molecule has 0 aliphatic heterocycles. The number of aromatic hydroxyl groups is 1. The average Bonchev–Trinajstić information content (AvgIpc) is 3.31. The summed E-state index contributed by atoms with van der Waals surface area (Å²) in [6, 6.07) is 8.77. The van der Waals surface area contributed by atoms with E-state index in [4.69, 9.17) is 9.47 Å². The smallest absolute Gasteiger partial charge is 0.331 e. The first-order chi connectivity index (χ1) is 16.6. The molecule has 0 spiro atoms. The number of hydrogen-bond acceptors (Lipinski definition) is 11. The molecule has 1 heterocycles. The summed E-state index contributed by atoms with van der Waals surface area (Å²) in [5.41, 5.74) is 0.291. The zero-order valence-corrected chi connectivity index (χ0v) is 19.5. The highest BCUT2D eigenvalue weighted by Gasteiger charge is 2.22. The number of anilines is 1. The van der Waals surface area contributed by atoms with Crippen molar-refractivity contribution in [3.63, 3.8) is 0 Å².